The number of benzene rings is 2. The van der Waals surface area contributed by atoms with Crippen LogP contribution in [-0.4, -0.2) is 23.9 Å². The number of amides is 1. The van der Waals surface area contributed by atoms with Crippen molar-refractivity contribution in [3.63, 3.8) is 0 Å². The molecule has 2 aromatic carbocycles. The molecule has 4 heteroatoms. The number of nitrogens with zero attached hydrogens (tertiary/aromatic N) is 1. The molecule has 126 valence electrons. The molecule has 1 saturated heterocycles. The van der Waals surface area contributed by atoms with Gasteiger partial charge in [0.05, 0.1) is 6.04 Å². The smallest absolute Gasteiger partial charge is 0.251 e. The van der Waals surface area contributed by atoms with E-state index >= 15 is 0 Å². The number of carbonyl (C=O) groups excluding carboxylic acids is 1. The van der Waals surface area contributed by atoms with Crippen molar-refractivity contribution < 1.29 is 4.79 Å². The molecule has 0 bridgehead atoms. The molecule has 0 saturated carbocycles. The van der Waals surface area contributed by atoms with Crippen molar-refractivity contribution in [3.8, 4) is 0 Å². The predicted octanol–water partition coefficient (Wildman–Crippen LogP) is 4.54. The molecule has 0 unspecified atom stereocenters. The first-order chi connectivity index (χ1) is 11.6. The quantitative estimate of drug-likeness (QED) is 0.817. The van der Waals surface area contributed by atoms with Crippen LogP contribution < -0.4 is 5.32 Å². The Morgan fingerprint density at radius 1 is 1.08 bits per heavy atom. The summed E-state index contributed by atoms with van der Waals surface area (Å²) in [4.78, 5) is 14.9. The van der Waals surface area contributed by atoms with E-state index in [1.54, 1.807) is 0 Å². The van der Waals surface area contributed by atoms with Gasteiger partial charge in [-0.3, -0.25) is 9.69 Å². The summed E-state index contributed by atoms with van der Waals surface area (Å²) < 4.78 is 1.04. The van der Waals surface area contributed by atoms with E-state index in [4.69, 9.17) is 0 Å². The van der Waals surface area contributed by atoms with Crippen LogP contribution in [0.3, 0.4) is 0 Å². The van der Waals surface area contributed by atoms with Crippen molar-refractivity contribution in [2.24, 2.45) is 0 Å². The second-order valence-corrected chi connectivity index (χ2v) is 7.34. The second-order valence-electron chi connectivity index (χ2n) is 6.43. The molecule has 1 amide bonds. The Morgan fingerprint density at radius 3 is 2.33 bits per heavy atom. The zero-order chi connectivity index (χ0) is 16.9. The second kappa shape index (κ2) is 7.95. The van der Waals surface area contributed by atoms with Crippen LogP contribution in [0.15, 0.2) is 53.0 Å². The van der Waals surface area contributed by atoms with Gasteiger partial charge in [-0.05, 0) is 68.2 Å². The fourth-order valence-corrected chi connectivity index (χ4v) is 3.34. The van der Waals surface area contributed by atoms with E-state index in [1.165, 1.54) is 31.5 Å². The van der Waals surface area contributed by atoms with E-state index in [-0.39, 0.29) is 11.9 Å². The molecule has 24 heavy (non-hydrogen) atoms. The third kappa shape index (κ3) is 4.46. The molecule has 0 spiro atoms. The lowest BCUT2D eigenvalue weighted by molar-refractivity contribution is 0.0940. The molecular formula is C20H23BrN2O. The molecular weight excluding hydrogens is 364 g/mol. The van der Waals surface area contributed by atoms with E-state index in [2.05, 4.69) is 38.3 Å². The molecule has 3 nitrogen and oxygen atoms in total. The molecule has 1 atom stereocenters. The lowest BCUT2D eigenvalue weighted by atomic mass is 10.1. The average molecular weight is 387 g/mol. The highest BCUT2D eigenvalue weighted by Gasteiger charge is 2.13. The number of hydrogen-bond donors (Lipinski definition) is 1. The van der Waals surface area contributed by atoms with Gasteiger partial charge in [0.1, 0.15) is 0 Å². The molecule has 0 aliphatic carbocycles. The summed E-state index contributed by atoms with van der Waals surface area (Å²) in [5.74, 6) is -0.0295. The van der Waals surface area contributed by atoms with Crippen LogP contribution in [0.2, 0.25) is 0 Å². The van der Waals surface area contributed by atoms with Gasteiger partial charge in [0, 0.05) is 16.6 Å². The SMILES string of the molecule is C[C@@H](NC(=O)c1ccc(CN2CCCC2)cc1)c1ccc(Br)cc1. The van der Waals surface area contributed by atoms with Gasteiger partial charge >= 0.3 is 0 Å². The van der Waals surface area contributed by atoms with Crippen molar-refractivity contribution >= 4 is 21.8 Å². The molecule has 2 aromatic rings. The molecule has 1 aliphatic rings. The van der Waals surface area contributed by atoms with E-state index < -0.39 is 0 Å². The first kappa shape index (κ1) is 17.2. The van der Waals surface area contributed by atoms with Crippen LogP contribution in [0.5, 0.6) is 0 Å². The number of likely N-dealkylation sites (tertiary alicyclic amines) is 1. The van der Waals surface area contributed by atoms with E-state index in [1.807, 2.05) is 43.3 Å². The average Bonchev–Trinajstić information content (AvgIpc) is 3.09. The Balaban J connectivity index is 1.59. The van der Waals surface area contributed by atoms with Crippen LogP contribution in [-0.2, 0) is 6.54 Å². The first-order valence-electron chi connectivity index (χ1n) is 8.49. The summed E-state index contributed by atoms with van der Waals surface area (Å²) in [5, 5.41) is 3.06. The molecule has 1 N–H and O–H groups in total. The van der Waals surface area contributed by atoms with Gasteiger partial charge in [0.2, 0.25) is 0 Å². The fraction of sp³-hybridized carbons (Fsp3) is 0.350. The zero-order valence-electron chi connectivity index (χ0n) is 14.0. The Hall–Kier alpha value is -1.65. The van der Waals surface area contributed by atoms with Crippen LogP contribution in [0.1, 0.15) is 47.3 Å². The van der Waals surface area contributed by atoms with E-state index in [0.717, 1.165) is 16.6 Å². The van der Waals surface area contributed by atoms with Crippen LogP contribution in [0, 0.1) is 0 Å². The number of nitrogens with one attached hydrogen (secondary N) is 1. The highest BCUT2D eigenvalue weighted by molar-refractivity contribution is 9.10. The summed E-state index contributed by atoms with van der Waals surface area (Å²) in [6.07, 6.45) is 2.60. The number of hydrogen-bond acceptors (Lipinski definition) is 2. The summed E-state index contributed by atoms with van der Waals surface area (Å²) in [5.41, 5.74) is 3.08. The lowest BCUT2D eigenvalue weighted by Crippen LogP contribution is -2.26. The molecule has 1 heterocycles. The Kier molecular flexibility index (Phi) is 5.69. The normalized spacial score (nSPS) is 16.1. The van der Waals surface area contributed by atoms with Gasteiger partial charge in [-0.2, -0.15) is 0 Å². The topological polar surface area (TPSA) is 32.3 Å². The molecule has 3 rings (SSSR count). The first-order valence-corrected chi connectivity index (χ1v) is 9.29. The van der Waals surface area contributed by atoms with Gasteiger partial charge in [0.25, 0.3) is 5.91 Å². The van der Waals surface area contributed by atoms with E-state index in [0.29, 0.717) is 5.56 Å². The minimum Gasteiger partial charge on any atom is -0.346 e. The van der Waals surface area contributed by atoms with Gasteiger partial charge < -0.3 is 5.32 Å². The third-order valence-corrected chi connectivity index (χ3v) is 5.07. The van der Waals surface area contributed by atoms with Crippen molar-refractivity contribution in [1.29, 1.82) is 0 Å². The van der Waals surface area contributed by atoms with Crippen molar-refractivity contribution in [3.05, 3.63) is 69.7 Å². The van der Waals surface area contributed by atoms with Crippen LogP contribution in [0.25, 0.3) is 0 Å². The monoisotopic (exact) mass is 386 g/mol. The fourth-order valence-electron chi connectivity index (χ4n) is 3.08. The summed E-state index contributed by atoms with van der Waals surface area (Å²) in [7, 11) is 0. The van der Waals surface area contributed by atoms with Crippen molar-refractivity contribution in [1.82, 2.24) is 10.2 Å². The maximum Gasteiger partial charge on any atom is 0.251 e. The minimum absolute atomic E-state index is 0.0186. The Bertz CT molecular complexity index is 676. The Labute approximate surface area is 152 Å². The summed E-state index contributed by atoms with van der Waals surface area (Å²) >= 11 is 3.43. The van der Waals surface area contributed by atoms with Crippen molar-refractivity contribution in [2.75, 3.05) is 13.1 Å². The molecule has 0 aromatic heterocycles. The minimum atomic E-state index is -0.0295. The van der Waals surface area contributed by atoms with Crippen LogP contribution in [0.4, 0.5) is 0 Å². The third-order valence-electron chi connectivity index (χ3n) is 4.54. The number of rotatable bonds is 5. The van der Waals surface area contributed by atoms with Gasteiger partial charge in [0.15, 0.2) is 0 Å². The highest BCUT2D eigenvalue weighted by atomic mass is 79.9. The standard InChI is InChI=1S/C20H23BrN2O/c1-15(17-8-10-19(21)11-9-17)22-20(24)18-6-4-16(5-7-18)14-23-12-2-3-13-23/h4-11,15H,2-3,12-14H2,1H3,(H,22,24)/t15-/m1/s1. The maximum absolute atomic E-state index is 12.4. The maximum atomic E-state index is 12.4. The number of halogens is 1. The summed E-state index contributed by atoms with van der Waals surface area (Å²) in [6, 6.07) is 16.0. The van der Waals surface area contributed by atoms with Crippen LogP contribution >= 0.6 is 15.9 Å². The Morgan fingerprint density at radius 2 is 1.71 bits per heavy atom. The summed E-state index contributed by atoms with van der Waals surface area (Å²) in [6.45, 7) is 5.36. The zero-order valence-corrected chi connectivity index (χ0v) is 15.6. The molecule has 1 fully saturated rings. The largest absolute Gasteiger partial charge is 0.346 e. The van der Waals surface area contributed by atoms with Gasteiger partial charge in [-0.1, -0.05) is 40.2 Å². The van der Waals surface area contributed by atoms with Gasteiger partial charge in [-0.25, -0.2) is 0 Å². The van der Waals surface area contributed by atoms with E-state index in [9.17, 15) is 4.79 Å². The molecule has 1 aliphatic heterocycles. The predicted molar refractivity (Wildman–Crippen MR) is 101 cm³/mol. The highest BCUT2D eigenvalue weighted by Crippen LogP contribution is 2.18. The molecule has 0 radical (unpaired) electrons. The lowest BCUT2D eigenvalue weighted by Gasteiger charge is -2.16. The van der Waals surface area contributed by atoms with Gasteiger partial charge in [-0.15, -0.1) is 0 Å². The van der Waals surface area contributed by atoms with Crippen molar-refractivity contribution in [2.45, 2.75) is 32.4 Å². The number of carbonyl (C=O) groups is 1.